The molecule has 2 aromatic rings. The molecule has 25 heavy (non-hydrogen) atoms. The first kappa shape index (κ1) is 16.0. The number of rotatable bonds is 4. The highest BCUT2D eigenvalue weighted by atomic mass is 32.1. The van der Waals surface area contributed by atoms with Gasteiger partial charge < -0.3 is 10.2 Å². The molecule has 7 heteroatoms. The quantitative estimate of drug-likeness (QED) is 0.913. The third kappa shape index (κ3) is 3.64. The lowest BCUT2D eigenvalue weighted by atomic mass is 9.96. The Morgan fingerprint density at radius 3 is 2.72 bits per heavy atom. The highest BCUT2D eigenvalue weighted by molar-refractivity contribution is 7.13. The van der Waals surface area contributed by atoms with E-state index >= 15 is 0 Å². The van der Waals surface area contributed by atoms with Crippen molar-refractivity contribution in [1.29, 1.82) is 5.26 Å². The van der Waals surface area contributed by atoms with Gasteiger partial charge in [0.15, 0.2) is 5.13 Å². The summed E-state index contributed by atoms with van der Waals surface area (Å²) in [5.74, 6) is 1.57. The highest BCUT2D eigenvalue weighted by Gasteiger charge is 2.28. The van der Waals surface area contributed by atoms with Gasteiger partial charge in [-0.2, -0.15) is 5.26 Å². The number of pyridine rings is 1. The van der Waals surface area contributed by atoms with Gasteiger partial charge in [-0.1, -0.05) is 0 Å². The third-order valence-electron chi connectivity index (χ3n) is 4.81. The Morgan fingerprint density at radius 1 is 1.28 bits per heavy atom. The average Bonchev–Trinajstić information content (AvgIpc) is 3.41. The number of hydrogen-bond acceptors (Lipinski definition) is 6. The minimum Gasteiger partial charge on any atom is -0.357 e. The molecule has 1 N–H and O–H groups in total. The Labute approximate surface area is 150 Å². The average molecular weight is 353 g/mol. The molecule has 0 aromatic carbocycles. The number of nitrogens with one attached hydrogen (secondary N) is 1. The van der Waals surface area contributed by atoms with Crippen LogP contribution in [-0.4, -0.2) is 29.0 Å². The molecule has 0 radical (unpaired) electrons. The van der Waals surface area contributed by atoms with Crippen molar-refractivity contribution in [2.75, 3.05) is 23.3 Å². The zero-order chi connectivity index (χ0) is 17.2. The number of aromatic nitrogens is 2. The fourth-order valence-corrected chi connectivity index (χ4v) is 3.92. The molecule has 1 saturated heterocycles. The van der Waals surface area contributed by atoms with E-state index in [1.807, 2.05) is 6.07 Å². The molecule has 0 bridgehead atoms. The summed E-state index contributed by atoms with van der Waals surface area (Å²) >= 11 is 1.52. The van der Waals surface area contributed by atoms with E-state index in [9.17, 15) is 4.79 Å². The lowest BCUT2D eigenvalue weighted by Crippen LogP contribution is -2.38. The summed E-state index contributed by atoms with van der Waals surface area (Å²) in [5.41, 5.74) is 1.69. The van der Waals surface area contributed by atoms with E-state index in [4.69, 9.17) is 5.26 Å². The summed E-state index contributed by atoms with van der Waals surface area (Å²) in [4.78, 5) is 23.5. The van der Waals surface area contributed by atoms with Crippen molar-refractivity contribution in [2.24, 2.45) is 5.92 Å². The number of carbonyl (C=O) groups is 1. The Hall–Kier alpha value is -2.46. The van der Waals surface area contributed by atoms with E-state index in [-0.39, 0.29) is 11.8 Å². The number of nitrogens with zero attached hydrogens (tertiary/aromatic N) is 4. The van der Waals surface area contributed by atoms with Crippen molar-refractivity contribution in [1.82, 2.24) is 9.97 Å². The zero-order valence-corrected chi connectivity index (χ0v) is 14.6. The largest absolute Gasteiger partial charge is 0.357 e. The molecule has 4 rings (SSSR count). The standard InChI is InChI=1S/C18H19N5OS/c19-9-12-1-4-16(20-10-12)23-7-5-14(6-8-23)17(24)22-18-21-15(11-25-18)13-2-3-13/h1,4,10-11,13-14H,2-3,5-8H2,(H,21,22,24). The SMILES string of the molecule is N#Cc1ccc(N2CCC(C(=O)Nc3nc(C4CC4)cs3)CC2)nc1. The molecule has 0 atom stereocenters. The Balaban J connectivity index is 1.31. The summed E-state index contributed by atoms with van der Waals surface area (Å²) in [6.07, 6.45) is 5.63. The zero-order valence-electron chi connectivity index (χ0n) is 13.8. The van der Waals surface area contributed by atoms with Crippen LogP contribution in [0.3, 0.4) is 0 Å². The molecule has 0 spiro atoms. The van der Waals surface area contributed by atoms with Crippen molar-refractivity contribution < 1.29 is 4.79 Å². The van der Waals surface area contributed by atoms with E-state index < -0.39 is 0 Å². The van der Waals surface area contributed by atoms with Gasteiger partial charge in [0.1, 0.15) is 11.9 Å². The van der Waals surface area contributed by atoms with E-state index in [1.54, 1.807) is 12.3 Å². The van der Waals surface area contributed by atoms with Crippen molar-refractivity contribution >= 4 is 28.2 Å². The number of hydrogen-bond donors (Lipinski definition) is 1. The Morgan fingerprint density at radius 2 is 2.08 bits per heavy atom. The van der Waals surface area contributed by atoms with Gasteiger partial charge in [0.2, 0.25) is 5.91 Å². The lowest BCUT2D eigenvalue weighted by Gasteiger charge is -2.31. The number of amides is 1. The molecular weight excluding hydrogens is 334 g/mol. The second-order valence-electron chi connectivity index (χ2n) is 6.62. The first-order valence-corrected chi connectivity index (χ1v) is 9.48. The predicted molar refractivity (Wildman–Crippen MR) is 96.6 cm³/mol. The van der Waals surface area contributed by atoms with Crippen LogP contribution in [0.4, 0.5) is 10.9 Å². The fourth-order valence-electron chi connectivity index (χ4n) is 3.13. The van der Waals surface area contributed by atoms with Crippen LogP contribution in [0, 0.1) is 17.2 Å². The molecule has 1 aliphatic carbocycles. The molecule has 1 amide bonds. The number of anilines is 2. The van der Waals surface area contributed by atoms with Gasteiger partial charge in [-0.3, -0.25) is 4.79 Å². The smallest absolute Gasteiger partial charge is 0.229 e. The van der Waals surface area contributed by atoms with Crippen molar-refractivity contribution in [3.8, 4) is 6.07 Å². The van der Waals surface area contributed by atoms with Crippen LogP contribution < -0.4 is 10.2 Å². The van der Waals surface area contributed by atoms with Crippen molar-refractivity contribution in [3.05, 3.63) is 35.0 Å². The number of thiazole rings is 1. The molecule has 0 unspecified atom stereocenters. The fraction of sp³-hybridized carbons (Fsp3) is 0.444. The van der Waals surface area contributed by atoms with Crippen LogP contribution in [-0.2, 0) is 4.79 Å². The number of nitriles is 1. The molecular formula is C18H19N5OS. The van der Waals surface area contributed by atoms with Crippen LogP contribution in [0.5, 0.6) is 0 Å². The van der Waals surface area contributed by atoms with Gasteiger partial charge >= 0.3 is 0 Å². The van der Waals surface area contributed by atoms with Crippen LogP contribution >= 0.6 is 11.3 Å². The van der Waals surface area contributed by atoms with Gasteiger partial charge in [0, 0.05) is 36.5 Å². The van der Waals surface area contributed by atoms with Gasteiger partial charge in [-0.15, -0.1) is 11.3 Å². The van der Waals surface area contributed by atoms with Crippen molar-refractivity contribution in [2.45, 2.75) is 31.6 Å². The maximum atomic E-state index is 12.5. The van der Waals surface area contributed by atoms with Gasteiger partial charge in [-0.25, -0.2) is 9.97 Å². The normalized spacial score (nSPS) is 18.0. The minimum absolute atomic E-state index is 0.0166. The maximum absolute atomic E-state index is 12.5. The molecule has 128 valence electrons. The summed E-state index contributed by atoms with van der Waals surface area (Å²) in [7, 11) is 0. The Bertz CT molecular complexity index is 798. The van der Waals surface area contributed by atoms with Gasteiger partial charge in [0.25, 0.3) is 0 Å². The van der Waals surface area contributed by atoms with Crippen LogP contribution in [0.15, 0.2) is 23.7 Å². The highest BCUT2D eigenvalue weighted by Crippen LogP contribution is 2.41. The van der Waals surface area contributed by atoms with Crippen LogP contribution in [0.1, 0.15) is 42.9 Å². The van der Waals surface area contributed by atoms with Crippen LogP contribution in [0.2, 0.25) is 0 Å². The topological polar surface area (TPSA) is 81.9 Å². The molecule has 2 aromatic heterocycles. The van der Waals surface area contributed by atoms with Gasteiger partial charge in [-0.05, 0) is 37.8 Å². The molecule has 6 nitrogen and oxygen atoms in total. The molecule has 1 aliphatic heterocycles. The second kappa shape index (κ2) is 6.81. The predicted octanol–water partition coefficient (Wildman–Crippen LogP) is 3.14. The monoisotopic (exact) mass is 353 g/mol. The van der Waals surface area contributed by atoms with Crippen molar-refractivity contribution in [3.63, 3.8) is 0 Å². The van der Waals surface area contributed by atoms with E-state index in [0.717, 1.165) is 42.6 Å². The van der Waals surface area contributed by atoms with E-state index in [2.05, 4.69) is 31.6 Å². The number of carbonyl (C=O) groups excluding carboxylic acids is 1. The molecule has 1 saturated carbocycles. The number of piperidine rings is 1. The Kier molecular flexibility index (Phi) is 4.36. The van der Waals surface area contributed by atoms with E-state index in [1.165, 1.54) is 24.2 Å². The van der Waals surface area contributed by atoms with E-state index in [0.29, 0.717) is 11.5 Å². The third-order valence-corrected chi connectivity index (χ3v) is 5.59. The van der Waals surface area contributed by atoms with Gasteiger partial charge in [0.05, 0.1) is 11.3 Å². The summed E-state index contributed by atoms with van der Waals surface area (Å²) in [6, 6.07) is 5.72. The minimum atomic E-state index is 0.0166. The lowest BCUT2D eigenvalue weighted by molar-refractivity contribution is -0.120. The first-order chi connectivity index (χ1) is 12.2. The summed E-state index contributed by atoms with van der Waals surface area (Å²) < 4.78 is 0. The van der Waals surface area contributed by atoms with Crippen LogP contribution in [0.25, 0.3) is 0 Å². The molecule has 2 aliphatic rings. The second-order valence-corrected chi connectivity index (χ2v) is 7.48. The first-order valence-electron chi connectivity index (χ1n) is 8.60. The molecule has 3 heterocycles. The summed E-state index contributed by atoms with van der Waals surface area (Å²) in [5, 5.41) is 14.6. The summed E-state index contributed by atoms with van der Waals surface area (Å²) in [6.45, 7) is 1.59. The molecule has 2 fully saturated rings. The maximum Gasteiger partial charge on any atom is 0.229 e.